The van der Waals surface area contributed by atoms with Crippen molar-refractivity contribution in [1.29, 1.82) is 0 Å². The highest BCUT2D eigenvalue weighted by atomic mass is 16.5. The highest BCUT2D eigenvalue weighted by molar-refractivity contribution is 5.95. The molecule has 0 spiro atoms. The van der Waals surface area contributed by atoms with Gasteiger partial charge in [0.2, 0.25) is 0 Å². The third-order valence-electron chi connectivity index (χ3n) is 4.70. The van der Waals surface area contributed by atoms with Crippen LogP contribution in [0.15, 0.2) is 47.4 Å². The Labute approximate surface area is 184 Å². The second-order valence-electron chi connectivity index (χ2n) is 7.38. The zero-order chi connectivity index (χ0) is 23.3. The summed E-state index contributed by atoms with van der Waals surface area (Å²) in [4.78, 5) is 36.6. The lowest BCUT2D eigenvalue weighted by atomic mass is 10.0. The molecular weight excluding hydrogens is 414 g/mol. The molecule has 0 saturated heterocycles. The van der Waals surface area contributed by atoms with Crippen LogP contribution >= 0.6 is 0 Å². The molecule has 1 atom stereocenters. The number of aromatic nitrogens is 4. The molecule has 0 aliphatic carbocycles. The maximum atomic E-state index is 13.1. The zero-order valence-electron chi connectivity index (χ0n) is 18.3. The van der Waals surface area contributed by atoms with E-state index in [0.717, 1.165) is 5.56 Å². The molecule has 2 N–H and O–H groups in total. The summed E-state index contributed by atoms with van der Waals surface area (Å²) in [5, 5.41) is 13.4. The van der Waals surface area contributed by atoms with E-state index < -0.39 is 17.9 Å². The zero-order valence-corrected chi connectivity index (χ0v) is 18.3. The first-order valence-electron chi connectivity index (χ1n) is 10.0. The topological polar surface area (TPSA) is 128 Å². The first-order valence-corrected chi connectivity index (χ1v) is 10.0. The molecule has 168 valence electrons. The Kier molecular flexibility index (Phi) is 7.04. The lowest BCUT2D eigenvalue weighted by Crippen LogP contribution is -2.31. The second kappa shape index (κ2) is 9.90. The molecule has 0 aliphatic rings. The van der Waals surface area contributed by atoms with Gasteiger partial charge in [-0.05, 0) is 44.5 Å². The van der Waals surface area contributed by atoms with Crippen molar-refractivity contribution in [3.8, 4) is 11.6 Å². The van der Waals surface area contributed by atoms with Gasteiger partial charge >= 0.3 is 5.97 Å². The third-order valence-corrected chi connectivity index (χ3v) is 4.70. The first-order chi connectivity index (χ1) is 15.3. The fourth-order valence-corrected chi connectivity index (χ4v) is 3.12. The number of rotatable bonds is 8. The Morgan fingerprint density at radius 3 is 2.47 bits per heavy atom. The van der Waals surface area contributed by atoms with Crippen LogP contribution in [0.25, 0.3) is 5.82 Å². The number of nitrogens with zero attached hydrogens (tertiary/aromatic N) is 3. The summed E-state index contributed by atoms with van der Waals surface area (Å²) in [6.45, 7) is 5.24. The fraction of sp³-hybridized carbons (Fsp3) is 0.318. The van der Waals surface area contributed by atoms with Crippen molar-refractivity contribution in [2.24, 2.45) is 0 Å². The third kappa shape index (κ3) is 5.39. The van der Waals surface area contributed by atoms with Crippen molar-refractivity contribution in [3.63, 3.8) is 0 Å². The summed E-state index contributed by atoms with van der Waals surface area (Å²) in [5.41, 5.74) is 1.23. The number of aromatic amines is 1. The number of carbonyl (C=O) groups excluding carboxylic acids is 2. The van der Waals surface area contributed by atoms with Crippen LogP contribution in [-0.4, -0.2) is 45.1 Å². The van der Waals surface area contributed by atoms with Gasteiger partial charge in [-0.2, -0.15) is 10.2 Å². The number of benzene rings is 1. The normalized spacial score (nSPS) is 11.8. The molecular formula is C22H25N5O5. The van der Waals surface area contributed by atoms with Gasteiger partial charge in [0, 0.05) is 6.07 Å². The van der Waals surface area contributed by atoms with E-state index in [9.17, 15) is 14.4 Å². The van der Waals surface area contributed by atoms with E-state index in [1.165, 1.54) is 23.0 Å². The minimum Gasteiger partial charge on any atom is -0.497 e. The van der Waals surface area contributed by atoms with Gasteiger partial charge in [-0.15, -0.1) is 0 Å². The summed E-state index contributed by atoms with van der Waals surface area (Å²) < 4.78 is 11.9. The summed E-state index contributed by atoms with van der Waals surface area (Å²) in [6.07, 6.45) is 1.11. The van der Waals surface area contributed by atoms with Gasteiger partial charge in [-0.3, -0.25) is 14.4 Å². The van der Waals surface area contributed by atoms with Gasteiger partial charge in [0.15, 0.2) is 5.82 Å². The van der Waals surface area contributed by atoms with Crippen LogP contribution < -0.4 is 15.6 Å². The minimum atomic E-state index is -0.617. The number of esters is 1. The molecule has 1 aromatic carbocycles. The van der Waals surface area contributed by atoms with Crippen LogP contribution in [0.1, 0.15) is 47.9 Å². The van der Waals surface area contributed by atoms with E-state index in [1.54, 1.807) is 52.1 Å². The van der Waals surface area contributed by atoms with Gasteiger partial charge in [0.05, 0.1) is 43.1 Å². The van der Waals surface area contributed by atoms with Crippen LogP contribution in [0.3, 0.4) is 0 Å². The molecule has 0 radical (unpaired) electrons. The van der Waals surface area contributed by atoms with E-state index in [0.29, 0.717) is 22.8 Å². The van der Waals surface area contributed by atoms with E-state index >= 15 is 0 Å². The summed E-state index contributed by atoms with van der Waals surface area (Å²) in [7, 11) is 1.56. The first kappa shape index (κ1) is 22.7. The highest BCUT2D eigenvalue weighted by Crippen LogP contribution is 2.22. The number of nitrogens with one attached hydrogen (secondary N) is 2. The van der Waals surface area contributed by atoms with E-state index in [2.05, 4.69) is 20.6 Å². The van der Waals surface area contributed by atoms with Gasteiger partial charge in [0.1, 0.15) is 5.75 Å². The Balaban J connectivity index is 1.84. The highest BCUT2D eigenvalue weighted by Gasteiger charge is 2.23. The van der Waals surface area contributed by atoms with Gasteiger partial charge in [-0.1, -0.05) is 12.1 Å². The molecule has 1 amide bonds. The van der Waals surface area contributed by atoms with Crippen molar-refractivity contribution in [1.82, 2.24) is 25.3 Å². The van der Waals surface area contributed by atoms with E-state index in [4.69, 9.17) is 9.47 Å². The van der Waals surface area contributed by atoms with Crippen molar-refractivity contribution in [3.05, 3.63) is 69.8 Å². The monoisotopic (exact) mass is 439 g/mol. The molecule has 0 saturated carbocycles. The van der Waals surface area contributed by atoms with Gasteiger partial charge < -0.3 is 14.8 Å². The Hall–Kier alpha value is -3.95. The van der Waals surface area contributed by atoms with Crippen LogP contribution in [0.5, 0.6) is 5.75 Å². The number of carbonyl (C=O) groups is 2. The summed E-state index contributed by atoms with van der Waals surface area (Å²) in [5.74, 6) is 0.199. The molecule has 10 heteroatoms. The summed E-state index contributed by atoms with van der Waals surface area (Å²) >= 11 is 0. The van der Waals surface area contributed by atoms with Gasteiger partial charge in [-0.25, -0.2) is 9.78 Å². The van der Waals surface area contributed by atoms with Crippen LogP contribution in [0, 0.1) is 6.92 Å². The minimum absolute atomic E-state index is 0.0368. The SMILES string of the molecule is COc1ccc(C(CC(=O)OC(C)C)NC(=O)c2cnn(-c3ccc(=O)[nH]n3)c2C)cc1. The fourth-order valence-electron chi connectivity index (χ4n) is 3.12. The van der Waals surface area contributed by atoms with E-state index in [-0.39, 0.29) is 18.1 Å². The molecule has 10 nitrogen and oxygen atoms in total. The van der Waals surface area contributed by atoms with Crippen molar-refractivity contribution in [2.45, 2.75) is 39.3 Å². The molecule has 3 aromatic rings. The maximum Gasteiger partial charge on any atom is 0.308 e. The molecule has 0 aliphatic heterocycles. The number of H-pyrrole nitrogens is 1. The summed E-state index contributed by atoms with van der Waals surface area (Å²) in [6, 6.07) is 9.29. The number of methoxy groups -OCH3 is 1. The lowest BCUT2D eigenvalue weighted by Gasteiger charge is -2.19. The molecule has 2 aromatic heterocycles. The standard InChI is InChI=1S/C22H25N5O5/c1-13(2)32-21(29)11-18(15-5-7-16(31-4)8-6-15)24-22(30)17-12-23-27(14(17)3)19-9-10-20(28)26-25-19/h5-10,12-13,18H,11H2,1-4H3,(H,24,30)(H,26,28). The predicted molar refractivity (Wildman–Crippen MR) is 116 cm³/mol. The average molecular weight is 439 g/mol. The lowest BCUT2D eigenvalue weighted by molar-refractivity contribution is -0.147. The number of ether oxygens (including phenoxy) is 2. The predicted octanol–water partition coefficient (Wildman–Crippen LogP) is 2.09. The largest absolute Gasteiger partial charge is 0.497 e. The Bertz CT molecular complexity index is 1130. The molecule has 3 rings (SSSR count). The maximum absolute atomic E-state index is 13.1. The van der Waals surface area contributed by atoms with Crippen LogP contribution in [-0.2, 0) is 9.53 Å². The molecule has 0 bridgehead atoms. The van der Waals surface area contributed by atoms with Crippen LogP contribution in [0.4, 0.5) is 0 Å². The Morgan fingerprint density at radius 1 is 1.16 bits per heavy atom. The Morgan fingerprint density at radius 2 is 1.88 bits per heavy atom. The molecule has 0 fully saturated rings. The van der Waals surface area contributed by atoms with Gasteiger partial charge in [0.25, 0.3) is 11.5 Å². The van der Waals surface area contributed by atoms with Crippen molar-refractivity contribution < 1.29 is 19.1 Å². The second-order valence-corrected chi connectivity index (χ2v) is 7.38. The van der Waals surface area contributed by atoms with Crippen molar-refractivity contribution >= 4 is 11.9 Å². The average Bonchev–Trinajstić information content (AvgIpc) is 3.14. The molecule has 1 unspecified atom stereocenters. The number of hydrogen-bond donors (Lipinski definition) is 2. The van der Waals surface area contributed by atoms with E-state index in [1.807, 2.05) is 0 Å². The quantitative estimate of drug-likeness (QED) is 0.514. The number of amides is 1. The molecule has 32 heavy (non-hydrogen) atoms. The van der Waals surface area contributed by atoms with Crippen molar-refractivity contribution in [2.75, 3.05) is 7.11 Å². The number of hydrogen-bond acceptors (Lipinski definition) is 7. The smallest absolute Gasteiger partial charge is 0.308 e. The van der Waals surface area contributed by atoms with Crippen LogP contribution in [0.2, 0.25) is 0 Å². The molecule has 2 heterocycles.